The summed E-state index contributed by atoms with van der Waals surface area (Å²) in [6.07, 6.45) is 8.10. The average Bonchev–Trinajstić information content (AvgIpc) is 3.07. The summed E-state index contributed by atoms with van der Waals surface area (Å²) in [5.74, 6) is 0.394. The van der Waals surface area contributed by atoms with E-state index in [1.807, 2.05) is 0 Å². The van der Waals surface area contributed by atoms with Gasteiger partial charge in [0.1, 0.15) is 17.9 Å². The molecule has 0 aromatic heterocycles. The Labute approximate surface area is 166 Å². The number of nitrogens with zero attached hydrogens (tertiary/aromatic N) is 2. The second-order valence-corrected chi connectivity index (χ2v) is 9.04. The fourth-order valence-corrected chi connectivity index (χ4v) is 5.17. The van der Waals surface area contributed by atoms with Crippen LogP contribution in [0.4, 0.5) is 0 Å². The highest BCUT2D eigenvalue weighted by molar-refractivity contribution is 5.94. The summed E-state index contributed by atoms with van der Waals surface area (Å²) in [7, 11) is 0. The largest absolute Gasteiger partial charge is 0.339 e. The number of carbonyl (C=O) groups excluding carboxylic acids is 3. The van der Waals surface area contributed by atoms with Crippen molar-refractivity contribution in [2.45, 2.75) is 81.8 Å². The van der Waals surface area contributed by atoms with Crippen LogP contribution < -0.4 is 10.6 Å². The Morgan fingerprint density at radius 3 is 2.68 bits per heavy atom. The minimum atomic E-state index is -0.669. The molecule has 152 valence electrons. The molecular weight excluding hydrogens is 356 g/mol. The number of ketones is 1. The van der Waals surface area contributed by atoms with Gasteiger partial charge >= 0.3 is 0 Å². The minimum absolute atomic E-state index is 0.0466. The van der Waals surface area contributed by atoms with E-state index in [4.69, 9.17) is 0 Å². The summed E-state index contributed by atoms with van der Waals surface area (Å²) in [5.41, 5.74) is -0.479. The van der Waals surface area contributed by atoms with Gasteiger partial charge in [-0.25, -0.2) is 0 Å². The van der Waals surface area contributed by atoms with Gasteiger partial charge < -0.3 is 15.5 Å². The molecule has 2 N–H and O–H groups in total. The summed E-state index contributed by atoms with van der Waals surface area (Å²) >= 11 is 0. The van der Waals surface area contributed by atoms with E-state index in [0.29, 0.717) is 31.7 Å². The third kappa shape index (κ3) is 3.80. The highest BCUT2D eigenvalue weighted by atomic mass is 16.2. The maximum atomic E-state index is 13.1. The molecule has 2 amide bonds. The first-order valence-electron chi connectivity index (χ1n) is 10.8. The van der Waals surface area contributed by atoms with Crippen molar-refractivity contribution in [3.05, 3.63) is 0 Å². The van der Waals surface area contributed by atoms with Gasteiger partial charge in [0.15, 0.2) is 0 Å². The van der Waals surface area contributed by atoms with Crippen molar-refractivity contribution < 1.29 is 14.4 Å². The fraction of sp³-hybridized carbons (Fsp3) is 0.810. The molecule has 2 saturated carbocycles. The Hall–Kier alpha value is -1.94. The van der Waals surface area contributed by atoms with Crippen molar-refractivity contribution in [1.82, 2.24) is 15.5 Å². The molecule has 2 aliphatic carbocycles. The van der Waals surface area contributed by atoms with Gasteiger partial charge in [-0.2, -0.15) is 5.26 Å². The van der Waals surface area contributed by atoms with Crippen molar-refractivity contribution in [1.29, 1.82) is 5.26 Å². The number of rotatable bonds is 7. The van der Waals surface area contributed by atoms with Gasteiger partial charge in [0.25, 0.3) is 0 Å². The number of nitrogens with one attached hydrogen (secondary N) is 2. The molecule has 7 nitrogen and oxygen atoms in total. The lowest BCUT2D eigenvalue weighted by Crippen LogP contribution is -2.54. The molecule has 2 unspecified atom stereocenters. The Balaban J connectivity index is 1.43. The third-order valence-corrected chi connectivity index (χ3v) is 7.05. The van der Waals surface area contributed by atoms with Crippen molar-refractivity contribution >= 4 is 17.6 Å². The van der Waals surface area contributed by atoms with Crippen LogP contribution in [-0.4, -0.2) is 53.2 Å². The highest BCUT2D eigenvalue weighted by Gasteiger charge is 2.51. The first kappa shape index (κ1) is 19.4. The molecule has 7 heteroatoms. The Morgan fingerprint density at radius 2 is 2.07 bits per heavy atom. The molecule has 1 spiro atoms. The van der Waals surface area contributed by atoms with Crippen LogP contribution in [0.25, 0.3) is 0 Å². The van der Waals surface area contributed by atoms with Gasteiger partial charge in [-0.15, -0.1) is 0 Å². The minimum Gasteiger partial charge on any atom is -0.339 e. The molecule has 0 bridgehead atoms. The molecule has 2 saturated heterocycles. The van der Waals surface area contributed by atoms with E-state index in [2.05, 4.69) is 16.7 Å². The van der Waals surface area contributed by atoms with Crippen LogP contribution in [0.3, 0.4) is 0 Å². The topological polar surface area (TPSA) is 102 Å². The zero-order chi connectivity index (χ0) is 19.7. The Morgan fingerprint density at radius 1 is 1.25 bits per heavy atom. The van der Waals surface area contributed by atoms with Gasteiger partial charge in [0.05, 0.1) is 11.6 Å². The van der Waals surface area contributed by atoms with E-state index >= 15 is 0 Å². The van der Waals surface area contributed by atoms with E-state index in [1.165, 1.54) is 0 Å². The van der Waals surface area contributed by atoms with Crippen LogP contribution in [0.2, 0.25) is 0 Å². The maximum absolute atomic E-state index is 13.1. The lowest BCUT2D eigenvalue weighted by Gasteiger charge is -2.30. The van der Waals surface area contributed by atoms with Crippen LogP contribution in [0.5, 0.6) is 0 Å². The smallest absolute Gasteiger partial charge is 0.243 e. The molecule has 4 atom stereocenters. The molecular formula is C21H30N4O3. The molecule has 4 fully saturated rings. The van der Waals surface area contributed by atoms with Gasteiger partial charge in [0, 0.05) is 18.9 Å². The van der Waals surface area contributed by atoms with E-state index in [0.717, 1.165) is 51.5 Å². The van der Waals surface area contributed by atoms with E-state index in [1.54, 1.807) is 4.90 Å². The SMILES string of the molecule is N#C[C@H](C[C@@H]1CCCC1=O)NC(=O)C(CC1CC1)N1CCC2(CCCN2)C1=O. The van der Waals surface area contributed by atoms with Crippen molar-refractivity contribution in [2.24, 2.45) is 11.8 Å². The second-order valence-electron chi connectivity index (χ2n) is 9.04. The normalized spacial score (nSPS) is 32.0. The summed E-state index contributed by atoms with van der Waals surface area (Å²) in [6, 6.07) is 0.983. The van der Waals surface area contributed by atoms with Gasteiger partial charge in [-0.05, 0) is 57.4 Å². The quantitative estimate of drug-likeness (QED) is 0.686. The predicted octanol–water partition coefficient (Wildman–Crippen LogP) is 1.28. The summed E-state index contributed by atoms with van der Waals surface area (Å²) in [6.45, 7) is 1.44. The van der Waals surface area contributed by atoms with E-state index < -0.39 is 17.6 Å². The number of hydrogen-bond acceptors (Lipinski definition) is 5. The van der Waals surface area contributed by atoms with E-state index in [9.17, 15) is 19.6 Å². The fourth-order valence-electron chi connectivity index (χ4n) is 5.17. The maximum Gasteiger partial charge on any atom is 0.243 e. The number of nitriles is 1. The zero-order valence-electron chi connectivity index (χ0n) is 16.4. The molecule has 2 aliphatic heterocycles. The molecule has 2 heterocycles. The van der Waals surface area contributed by atoms with Crippen molar-refractivity contribution in [2.75, 3.05) is 13.1 Å². The summed E-state index contributed by atoms with van der Waals surface area (Å²) in [4.78, 5) is 39.9. The highest BCUT2D eigenvalue weighted by Crippen LogP contribution is 2.38. The number of likely N-dealkylation sites (tertiary alicyclic amines) is 1. The average molecular weight is 386 g/mol. The van der Waals surface area contributed by atoms with Gasteiger partial charge in [-0.3, -0.25) is 14.4 Å². The van der Waals surface area contributed by atoms with Crippen LogP contribution in [-0.2, 0) is 14.4 Å². The first-order valence-corrected chi connectivity index (χ1v) is 10.8. The van der Waals surface area contributed by atoms with Crippen LogP contribution in [0.15, 0.2) is 0 Å². The lowest BCUT2D eigenvalue weighted by molar-refractivity contribution is -0.141. The van der Waals surface area contributed by atoms with Crippen LogP contribution in [0, 0.1) is 23.2 Å². The molecule has 4 rings (SSSR count). The standard InChI is InChI=1S/C21H30N4O3/c22-13-16(12-15-3-1-4-18(15)26)24-19(27)17(11-14-5-6-14)25-10-8-21(20(25)28)7-2-9-23-21/h14-17,23H,1-12H2,(H,24,27)/t15-,16-,17?,21?/m0/s1. The van der Waals surface area contributed by atoms with Crippen molar-refractivity contribution in [3.8, 4) is 6.07 Å². The molecule has 28 heavy (non-hydrogen) atoms. The van der Waals surface area contributed by atoms with Crippen LogP contribution >= 0.6 is 0 Å². The molecule has 4 aliphatic rings. The molecule has 0 aromatic rings. The zero-order valence-corrected chi connectivity index (χ0v) is 16.4. The lowest BCUT2D eigenvalue weighted by atomic mass is 9.95. The monoisotopic (exact) mass is 386 g/mol. The number of hydrogen-bond donors (Lipinski definition) is 2. The summed E-state index contributed by atoms with van der Waals surface area (Å²) < 4.78 is 0. The first-order chi connectivity index (χ1) is 13.5. The van der Waals surface area contributed by atoms with Gasteiger partial charge in [0.2, 0.25) is 11.8 Å². The van der Waals surface area contributed by atoms with Crippen LogP contribution in [0.1, 0.15) is 64.2 Å². The molecule has 0 aromatic carbocycles. The third-order valence-electron chi connectivity index (χ3n) is 7.05. The Kier molecular flexibility index (Phi) is 5.42. The van der Waals surface area contributed by atoms with E-state index in [-0.39, 0.29) is 23.5 Å². The summed E-state index contributed by atoms with van der Waals surface area (Å²) in [5, 5.41) is 15.7. The molecule has 0 radical (unpaired) electrons. The Bertz CT molecular complexity index is 690. The predicted molar refractivity (Wildman–Crippen MR) is 102 cm³/mol. The number of amides is 2. The number of carbonyl (C=O) groups is 3. The second kappa shape index (κ2) is 7.82. The van der Waals surface area contributed by atoms with Crippen molar-refractivity contribution in [3.63, 3.8) is 0 Å². The van der Waals surface area contributed by atoms with Gasteiger partial charge in [-0.1, -0.05) is 12.8 Å². The number of Topliss-reactive ketones (excluding diaryl/α,β-unsaturated/α-hetero) is 1.